The van der Waals surface area contributed by atoms with E-state index in [2.05, 4.69) is 21.0 Å². The predicted octanol–water partition coefficient (Wildman–Crippen LogP) is 4.52. The van der Waals surface area contributed by atoms with Crippen LogP contribution >= 0.6 is 24.5 Å². The zero-order valence-electron chi connectivity index (χ0n) is 10.3. The van der Waals surface area contributed by atoms with E-state index in [4.69, 9.17) is 5.53 Å². The molecule has 102 valence electrons. The Balaban J connectivity index is 2.31. The molecule has 0 radical (unpaired) electrons. The largest absolute Gasteiger partial charge is 0.298 e. The van der Waals surface area contributed by atoms with E-state index in [1.54, 1.807) is 6.07 Å². The Morgan fingerprint density at radius 3 is 2.60 bits per heavy atom. The smallest absolute Gasteiger partial charge is 0.258 e. The van der Waals surface area contributed by atoms with Crippen LogP contribution in [0.3, 0.4) is 0 Å². The normalized spacial score (nSPS) is 10.8. The Morgan fingerprint density at radius 2 is 2.00 bits per heavy atom. The van der Waals surface area contributed by atoms with Gasteiger partial charge >= 0.3 is 0 Å². The van der Waals surface area contributed by atoms with Crippen LogP contribution in [0.4, 0.5) is 11.4 Å². The molecule has 0 bridgehead atoms. The lowest BCUT2D eigenvalue weighted by molar-refractivity contribution is -0.384. The van der Waals surface area contributed by atoms with Crippen LogP contribution in [0.5, 0.6) is 0 Å². The van der Waals surface area contributed by atoms with Gasteiger partial charge in [0.2, 0.25) is 0 Å². The first-order chi connectivity index (χ1) is 9.61. The molecule has 1 unspecified atom stereocenters. The average Bonchev–Trinajstić information content (AvgIpc) is 2.45. The van der Waals surface area contributed by atoms with Crippen LogP contribution in [0, 0.1) is 15.6 Å². The Kier molecular flexibility index (Phi) is 4.93. The van der Waals surface area contributed by atoms with Gasteiger partial charge in [-0.1, -0.05) is 54.8 Å². The molecule has 5 nitrogen and oxygen atoms in total. The molecule has 0 heterocycles. The summed E-state index contributed by atoms with van der Waals surface area (Å²) >= 11 is 3.27. The lowest BCUT2D eigenvalue weighted by Gasteiger charge is -2.07. The van der Waals surface area contributed by atoms with Gasteiger partial charge in [0, 0.05) is 15.8 Å². The second-order valence-electron chi connectivity index (χ2n) is 4.03. The van der Waals surface area contributed by atoms with Crippen LogP contribution in [0.2, 0.25) is 0 Å². The van der Waals surface area contributed by atoms with Crippen molar-refractivity contribution >= 4 is 41.2 Å². The number of hydrogen-bond acceptors (Lipinski definition) is 4. The summed E-state index contributed by atoms with van der Waals surface area (Å²) in [5, 5.41) is 15.1. The lowest BCUT2D eigenvalue weighted by atomic mass is 10.2. The maximum atomic E-state index is 11.0. The summed E-state index contributed by atoms with van der Waals surface area (Å²) in [6.07, 6.45) is 0.775. The van der Waals surface area contributed by atoms with Crippen molar-refractivity contribution in [2.75, 3.05) is 0 Å². The van der Waals surface area contributed by atoms with Gasteiger partial charge < -0.3 is 0 Å². The molecule has 2 aromatic carbocycles. The van der Waals surface area contributed by atoms with Crippen LogP contribution in [-0.4, -0.2) is 4.92 Å². The summed E-state index contributed by atoms with van der Waals surface area (Å²) in [5.41, 5.74) is 8.35. The van der Waals surface area contributed by atoms with E-state index in [0.29, 0.717) is 13.1 Å². The highest BCUT2D eigenvalue weighted by Crippen LogP contribution is 2.34. The third kappa shape index (κ3) is 3.46. The molecule has 2 rings (SSSR count). The maximum absolute atomic E-state index is 11.0. The number of hydrogen-bond donors (Lipinski definition) is 1. The number of halogens is 1. The molecule has 1 atom stereocenters. The number of nitro benzene ring substituents is 1. The predicted molar refractivity (Wildman–Crippen MR) is 83.7 cm³/mol. The van der Waals surface area contributed by atoms with Crippen molar-refractivity contribution in [1.29, 1.82) is 5.53 Å². The van der Waals surface area contributed by atoms with Crippen molar-refractivity contribution < 1.29 is 4.92 Å². The minimum atomic E-state index is -0.505. The number of nitrogens with zero attached hydrogens (tertiary/aromatic N) is 2. The average molecular weight is 352 g/mol. The van der Waals surface area contributed by atoms with Gasteiger partial charge in [0.1, 0.15) is 0 Å². The highest BCUT2D eigenvalue weighted by atomic mass is 79.9. The summed E-state index contributed by atoms with van der Waals surface area (Å²) < 4.78 is 0.632. The second kappa shape index (κ2) is 6.68. The first-order valence-electron chi connectivity index (χ1n) is 5.75. The number of rotatable bonds is 5. The Hall–Kier alpha value is -1.65. The maximum Gasteiger partial charge on any atom is 0.298 e. The summed E-state index contributed by atoms with van der Waals surface area (Å²) in [6, 6.07) is 13.1. The molecular weight excluding hydrogens is 341 g/mol. The van der Waals surface area contributed by atoms with E-state index in [9.17, 15) is 10.1 Å². The number of nitro groups is 1. The third-order valence-corrected chi connectivity index (χ3v) is 4.49. The molecule has 0 amide bonds. The lowest BCUT2D eigenvalue weighted by Crippen LogP contribution is -2.01. The van der Waals surface area contributed by atoms with Crippen LogP contribution in [-0.2, 0) is 6.16 Å². The van der Waals surface area contributed by atoms with E-state index >= 15 is 0 Å². The van der Waals surface area contributed by atoms with Gasteiger partial charge in [-0.15, -0.1) is 0 Å². The minimum absolute atomic E-state index is 0.134. The van der Waals surface area contributed by atoms with Gasteiger partial charge in [-0.3, -0.25) is 10.1 Å². The van der Waals surface area contributed by atoms with Crippen molar-refractivity contribution in [3.8, 4) is 0 Å². The SMILES string of the molecule is N=Nc1c(PCc2ccccc2)cc(Br)cc1[N+](=O)[O-]. The molecule has 20 heavy (non-hydrogen) atoms. The quantitative estimate of drug-likeness (QED) is 0.371. The van der Waals surface area contributed by atoms with E-state index in [0.717, 1.165) is 17.0 Å². The molecule has 0 spiro atoms. The van der Waals surface area contributed by atoms with E-state index in [1.165, 1.54) is 6.07 Å². The van der Waals surface area contributed by atoms with Crippen molar-refractivity contribution in [3.05, 3.63) is 62.6 Å². The summed E-state index contributed by atoms with van der Waals surface area (Å²) in [6.45, 7) is 0. The fraction of sp³-hybridized carbons (Fsp3) is 0.0769. The van der Waals surface area contributed by atoms with Crippen molar-refractivity contribution in [2.24, 2.45) is 5.11 Å². The molecule has 7 heteroatoms. The number of nitrogens with one attached hydrogen (secondary N) is 1. The van der Waals surface area contributed by atoms with E-state index in [-0.39, 0.29) is 11.4 Å². The van der Waals surface area contributed by atoms with Crippen molar-refractivity contribution in [3.63, 3.8) is 0 Å². The van der Waals surface area contributed by atoms with Gasteiger partial charge in [-0.25, -0.2) is 5.53 Å². The summed E-state index contributed by atoms with van der Waals surface area (Å²) in [5.74, 6) is 0. The summed E-state index contributed by atoms with van der Waals surface area (Å²) in [7, 11) is 0.325. The first-order valence-corrected chi connectivity index (χ1v) is 7.75. The molecule has 0 aliphatic carbocycles. The molecule has 2 aromatic rings. The molecule has 1 N–H and O–H groups in total. The van der Waals surface area contributed by atoms with Gasteiger partial charge in [0.25, 0.3) is 5.69 Å². The van der Waals surface area contributed by atoms with Crippen LogP contribution in [0.25, 0.3) is 0 Å². The zero-order valence-corrected chi connectivity index (χ0v) is 12.9. The standard InChI is InChI=1S/C13H11BrN3O2P/c14-10-6-11(17(18)19)13(16-15)12(7-10)20-8-9-4-2-1-3-5-9/h1-7,15,20H,8H2. The van der Waals surface area contributed by atoms with Crippen LogP contribution in [0.15, 0.2) is 52.1 Å². The van der Waals surface area contributed by atoms with E-state index in [1.807, 2.05) is 30.3 Å². The molecule has 0 saturated carbocycles. The topological polar surface area (TPSA) is 79.3 Å². The van der Waals surface area contributed by atoms with Gasteiger partial charge in [0.05, 0.1) is 4.92 Å². The monoisotopic (exact) mass is 351 g/mol. The van der Waals surface area contributed by atoms with E-state index < -0.39 is 4.92 Å². The molecule has 0 aromatic heterocycles. The summed E-state index contributed by atoms with van der Waals surface area (Å²) in [4.78, 5) is 10.5. The Morgan fingerprint density at radius 1 is 1.30 bits per heavy atom. The van der Waals surface area contributed by atoms with Crippen LogP contribution in [0.1, 0.15) is 5.56 Å². The minimum Gasteiger partial charge on any atom is -0.258 e. The fourth-order valence-electron chi connectivity index (χ4n) is 1.77. The molecule has 0 fully saturated rings. The molecule has 0 aliphatic heterocycles. The van der Waals surface area contributed by atoms with Gasteiger partial charge in [-0.2, -0.15) is 5.11 Å². The second-order valence-corrected chi connectivity index (χ2v) is 6.19. The Bertz CT molecular complexity index is 650. The first kappa shape index (κ1) is 14.8. The van der Waals surface area contributed by atoms with Gasteiger partial charge in [0.15, 0.2) is 5.69 Å². The number of benzene rings is 2. The van der Waals surface area contributed by atoms with Crippen LogP contribution < -0.4 is 5.30 Å². The highest BCUT2D eigenvalue weighted by Gasteiger charge is 2.19. The fourth-order valence-corrected chi connectivity index (χ4v) is 3.67. The Labute approximate surface area is 126 Å². The molecular formula is C13H11BrN3O2P. The van der Waals surface area contributed by atoms with Crippen molar-refractivity contribution in [2.45, 2.75) is 6.16 Å². The highest BCUT2D eigenvalue weighted by molar-refractivity contribution is 9.10. The van der Waals surface area contributed by atoms with Crippen molar-refractivity contribution in [1.82, 2.24) is 0 Å². The molecule has 0 aliphatic rings. The molecule has 0 saturated heterocycles. The zero-order chi connectivity index (χ0) is 14.5. The van der Waals surface area contributed by atoms with Gasteiger partial charge in [-0.05, 0) is 17.8 Å². The third-order valence-electron chi connectivity index (χ3n) is 2.69.